The molecule has 88 valence electrons. The molecule has 1 unspecified atom stereocenters. The highest BCUT2D eigenvalue weighted by Crippen LogP contribution is 2.23. The maximum atomic E-state index is 9.48. The van der Waals surface area contributed by atoms with E-state index < -0.39 is 0 Å². The second-order valence-electron chi connectivity index (χ2n) is 4.68. The van der Waals surface area contributed by atoms with Gasteiger partial charge in [0, 0.05) is 31.0 Å². The van der Waals surface area contributed by atoms with Gasteiger partial charge in [0.05, 0.1) is 6.10 Å². The van der Waals surface area contributed by atoms with Crippen molar-refractivity contribution in [2.45, 2.75) is 38.8 Å². The van der Waals surface area contributed by atoms with Gasteiger partial charge in [-0.2, -0.15) is 0 Å². The van der Waals surface area contributed by atoms with Crippen LogP contribution in [0.15, 0.2) is 18.3 Å². The third-order valence-electron chi connectivity index (χ3n) is 3.46. The van der Waals surface area contributed by atoms with Crippen molar-refractivity contribution < 1.29 is 5.11 Å². The lowest BCUT2D eigenvalue weighted by molar-refractivity contribution is 0.0644. The zero-order chi connectivity index (χ0) is 11.5. The van der Waals surface area contributed by atoms with Crippen LogP contribution in [0.3, 0.4) is 0 Å². The third kappa shape index (κ3) is 2.60. The molecule has 0 amide bonds. The molecule has 0 spiro atoms. The number of likely N-dealkylation sites (tertiary alicyclic amines) is 1. The molecule has 0 saturated carbocycles. The standard InChI is InChI=1S/C13H20N2O/c1-10-3-4-12(9-14-10)11(2)15-7-5-13(16)6-8-15/h3-4,9,11,13,16H,5-8H2,1-2H3. The summed E-state index contributed by atoms with van der Waals surface area (Å²) in [6.07, 6.45) is 3.65. The summed E-state index contributed by atoms with van der Waals surface area (Å²) in [5, 5.41) is 9.48. The first-order valence-corrected chi connectivity index (χ1v) is 6.01. The van der Waals surface area contributed by atoms with E-state index in [-0.39, 0.29) is 6.10 Å². The molecule has 1 atom stereocenters. The van der Waals surface area contributed by atoms with Crippen LogP contribution in [0.1, 0.15) is 37.1 Å². The molecule has 16 heavy (non-hydrogen) atoms. The fraction of sp³-hybridized carbons (Fsp3) is 0.615. The van der Waals surface area contributed by atoms with E-state index in [9.17, 15) is 5.11 Å². The van der Waals surface area contributed by atoms with Gasteiger partial charge in [-0.25, -0.2) is 0 Å². The van der Waals surface area contributed by atoms with Crippen LogP contribution >= 0.6 is 0 Å². The molecular formula is C13H20N2O. The average Bonchev–Trinajstić information content (AvgIpc) is 2.30. The van der Waals surface area contributed by atoms with Gasteiger partial charge < -0.3 is 5.11 Å². The highest BCUT2D eigenvalue weighted by molar-refractivity contribution is 5.16. The van der Waals surface area contributed by atoms with E-state index in [2.05, 4.69) is 28.9 Å². The van der Waals surface area contributed by atoms with Crippen molar-refractivity contribution in [3.8, 4) is 0 Å². The van der Waals surface area contributed by atoms with Gasteiger partial charge in [-0.1, -0.05) is 6.07 Å². The van der Waals surface area contributed by atoms with E-state index in [0.29, 0.717) is 6.04 Å². The number of rotatable bonds is 2. The predicted molar refractivity (Wildman–Crippen MR) is 64.2 cm³/mol. The minimum Gasteiger partial charge on any atom is -0.393 e. The van der Waals surface area contributed by atoms with E-state index in [1.54, 1.807) is 0 Å². The van der Waals surface area contributed by atoms with E-state index in [0.717, 1.165) is 31.6 Å². The normalized spacial score (nSPS) is 20.9. The second kappa shape index (κ2) is 4.93. The molecule has 1 aromatic heterocycles. The second-order valence-corrected chi connectivity index (χ2v) is 4.68. The van der Waals surface area contributed by atoms with Crippen molar-refractivity contribution in [3.05, 3.63) is 29.6 Å². The molecule has 2 rings (SSSR count). The SMILES string of the molecule is Cc1ccc(C(C)N2CCC(O)CC2)cn1. The smallest absolute Gasteiger partial charge is 0.0564 e. The molecule has 2 heterocycles. The summed E-state index contributed by atoms with van der Waals surface area (Å²) in [6.45, 7) is 6.18. The summed E-state index contributed by atoms with van der Waals surface area (Å²) in [4.78, 5) is 6.75. The van der Waals surface area contributed by atoms with Crippen LogP contribution in [-0.2, 0) is 0 Å². The molecule has 1 N–H and O–H groups in total. The Bertz CT molecular complexity index is 328. The highest BCUT2D eigenvalue weighted by Gasteiger charge is 2.22. The molecule has 3 heteroatoms. The summed E-state index contributed by atoms with van der Waals surface area (Å²) < 4.78 is 0. The number of nitrogens with zero attached hydrogens (tertiary/aromatic N) is 2. The number of aliphatic hydroxyl groups is 1. The summed E-state index contributed by atoms with van der Waals surface area (Å²) in [5.74, 6) is 0. The molecule has 0 aliphatic carbocycles. The molecule has 1 fully saturated rings. The van der Waals surface area contributed by atoms with Gasteiger partial charge in [-0.05, 0) is 38.3 Å². The van der Waals surface area contributed by atoms with Crippen molar-refractivity contribution in [2.75, 3.05) is 13.1 Å². The lowest BCUT2D eigenvalue weighted by atomic mass is 10.0. The highest BCUT2D eigenvalue weighted by atomic mass is 16.3. The Labute approximate surface area is 97.1 Å². The minimum atomic E-state index is -0.0976. The largest absolute Gasteiger partial charge is 0.393 e. The average molecular weight is 220 g/mol. The Morgan fingerprint density at radius 2 is 2.06 bits per heavy atom. The lowest BCUT2D eigenvalue weighted by Gasteiger charge is -2.34. The first-order chi connectivity index (χ1) is 7.66. The number of hydrogen-bond donors (Lipinski definition) is 1. The molecule has 0 bridgehead atoms. The van der Waals surface area contributed by atoms with Crippen LogP contribution in [0.2, 0.25) is 0 Å². The van der Waals surface area contributed by atoms with E-state index >= 15 is 0 Å². The molecule has 1 aliphatic heterocycles. The van der Waals surface area contributed by atoms with Crippen molar-refractivity contribution in [3.63, 3.8) is 0 Å². The molecule has 0 radical (unpaired) electrons. The lowest BCUT2D eigenvalue weighted by Crippen LogP contribution is -2.37. The quantitative estimate of drug-likeness (QED) is 0.827. The Hall–Kier alpha value is -0.930. The Balaban J connectivity index is 2.01. The molecule has 0 aromatic carbocycles. The number of pyridine rings is 1. The number of hydrogen-bond acceptors (Lipinski definition) is 3. The summed E-state index contributed by atoms with van der Waals surface area (Å²) in [6, 6.07) is 4.61. The third-order valence-corrected chi connectivity index (χ3v) is 3.46. The van der Waals surface area contributed by atoms with Crippen LogP contribution in [0.4, 0.5) is 0 Å². The molecule has 1 aliphatic rings. The van der Waals surface area contributed by atoms with Gasteiger partial charge in [0.15, 0.2) is 0 Å². The van der Waals surface area contributed by atoms with Gasteiger partial charge in [-0.3, -0.25) is 9.88 Å². The number of piperidine rings is 1. The molecule has 3 nitrogen and oxygen atoms in total. The Kier molecular flexibility index (Phi) is 3.56. The van der Waals surface area contributed by atoms with Gasteiger partial charge >= 0.3 is 0 Å². The van der Waals surface area contributed by atoms with Crippen LogP contribution < -0.4 is 0 Å². The van der Waals surface area contributed by atoms with Crippen molar-refractivity contribution in [2.24, 2.45) is 0 Å². The van der Waals surface area contributed by atoms with Gasteiger partial charge in [0.1, 0.15) is 0 Å². The molecule has 1 aromatic rings. The monoisotopic (exact) mass is 220 g/mol. The van der Waals surface area contributed by atoms with Crippen LogP contribution in [0, 0.1) is 6.92 Å². The fourth-order valence-corrected chi connectivity index (χ4v) is 2.21. The van der Waals surface area contributed by atoms with E-state index in [4.69, 9.17) is 0 Å². The number of aliphatic hydroxyl groups excluding tert-OH is 1. The number of aromatic nitrogens is 1. The summed E-state index contributed by atoms with van der Waals surface area (Å²) >= 11 is 0. The maximum absolute atomic E-state index is 9.48. The van der Waals surface area contributed by atoms with Gasteiger partial charge in [0.25, 0.3) is 0 Å². The summed E-state index contributed by atoms with van der Waals surface area (Å²) in [5.41, 5.74) is 2.33. The first-order valence-electron chi connectivity index (χ1n) is 6.01. The number of aryl methyl sites for hydroxylation is 1. The molecular weight excluding hydrogens is 200 g/mol. The maximum Gasteiger partial charge on any atom is 0.0564 e. The first kappa shape index (κ1) is 11.6. The van der Waals surface area contributed by atoms with Crippen LogP contribution in [0.25, 0.3) is 0 Å². The minimum absolute atomic E-state index is 0.0976. The van der Waals surface area contributed by atoms with Crippen LogP contribution in [-0.4, -0.2) is 34.2 Å². The zero-order valence-corrected chi connectivity index (χ0v) is 10.1. The summed E-state index contributed by atoms with van der Waals surface area (Å²) in [7, 11) is 0. The van der Waals surface area contributed by atoms with Gasteiger partial charge in [0.2, 0.25) is 0 Å². The Morgan fingerprint density at radius 1 is 1.38 bits per heavy atom. The predicted octanol–water partition coefficient (Wildman–Crippen LogP) is 1.91. The zero-order valence-electron chi connectivity index (χ0n) is 10.1. The topological polar surface area (TPSA) is 36.4 Å². The van der Waals surface area contributed by atoms with Crippen molar-refractivity contribution in [1.82, 2.24) is 9.88 Å². The fourth-order valence-electron chi connectivity index (χ4n) is 2.21. The van der Waals surface area contributed by atoms with E-state index in [1.807, 2.05) is 13.1 Å². The van der Waals surface area contributed by atoms with Crippen LogP contribution in [0.5, 0.6) is 0 Å². The molecule has 1 saturated heterocycles. The van der Waals surface area contributed by atoms with Crippen molar-refractivity contribution in [1.29, 1.82) is 0 Å². The van der Waals surface area contributed by atoms with Crippen molar-refractivity contribution >= 4 is 0 Å². The van der Waals surface area contributed by atoms with E-state index in [1.165, 1.54) is 5.56 Å². The van der Waals surface area contributed by atoms with Gasteiger partial charge in [-0.15, -0.1) is 0 Å². The Morgan fingerprint density at radius 3 is 2.62 bits per heavy atom.